The number of halogens is 2. The number of rotatable bonds is 6. The summed E-state index contributed by atoms with van der Waals surface area (Å²) in [6, 6.07) is 17.2. The first-order chi connectivity index (χ1) is 18.8. The van der Waals surface area contributed by atoms with E-state index in [0.29, 0.717) is 5.69 Å². The zero-order chi connectivity index (χ0) is 27.5. The lowest BCUT2D eigenvalue weighted by Crippen LogP contribution is -2.55. The Morgan fingerprint density at radius 3 is 2.28 bits per heavy atom. The summed E-state index contributed by atoms with van der Waals surface area (Å²) in [5.41, 5.74) is 6.25. The van der Waals surface area contributed by atoms with Crippen molar-refractivity contribution < 1.29 is 23.2 Å². The molecule has 0 bridgehead atoms. The van der Waals surface area contributed by atoms with Gasteiger partial charge in [0.05, 0.1) is 18.0 Å². The van der Waals surface area contributed by atoms with Crippen LogP contribution in [0.2, 0.25) is 0 Å². The lowest BCUT2D eigenvalue weighted by Gasteiger charge is -2.33. The second-order valence-electron chi connectivity index (χ2n) is 10.4. The SMILES string of the molecule is C[C@H](NC(=O)Cc1cc(F)cc(F)c1)C(=O)NN1C(=O)C(C2CCCCC2)c2ccccc2-c2ccccc21. The lowest BCUT2D eigenvalue weighted by molar-refractivity contribution is -0.130. The van der Waals surface area contributed by atoms with Crippen LogP contribution < -0.4 is 15.8 Å². The Morgan fingerprint density at radius 1 is 0.923 bits per heavy atom. The van der Waals surface area contributed by atoms with E-state index in [1.807, 2.05) is 42.5 Å². The summed E-state index contributed by atoms with van der Waals surface area (Å²) >= 11 is 0. The van der Waals surface area contributed by atoms with Gasteiger partial charge in [-0.15, -0.1) is 0 Å². The van der Waals surface area contributed by atoms with E-state index in [-0.39, 0.29) is 23.8 Å². The van der Waals surface area contributed by atoms with E-state index < -0.39 is 35.4 Å². The van der Waals surface area contributed by atoms with Crippen molar-refractivity contribution in [2.75, 3.05) is 5.01 Å². The molecule has 1 saturated carbocycles. The van der Waals surface area contributed by atoms with Crippen molar-refractivity contribution in [3.05, 3.63) is 89.5 Å². The van der Waals surface area contributed by atoms with Gasteiger partial charge < -0.3 is 5.32 Å². The first kappa shape index (κ1) is 26.5. The van der Waals surface area contributed by atoms with Gasteiger partial charge >= 0.3 is 0 Å². The van der Waals surface area contributed by atoms with Crippen molar-refractivity contribution >= 4 is 23.4 Å². The number of hydrazine groups is 1. The highest BCUT2D eigenvalue weighted by molar-refractivity contribution is 6.07. The summed E-state index contributed by atoms with van der Waals surface area (Å²) in [7, 11) is 0. The van der Waals surface area contributed by atoms with Gasteiger partial charge in [-0.25, -0.2) is 13.8 Å². The molecule has 5 rings (SSSR count). The molecule has 6 nitrogen and oxygen atoms in total. The van der Waals surface area contributed by atoms with Crippen LogP contribution in [0.25, 0.3) is 11.1 Å². The molecule has 3 aromatic carbocycles. The number of anilines is 1. The monoisotopic (exact) mass is 531 g/mol. The van der Waals surface area contributed by atoms with Crippen molar-refractivity contribution in [1.82, 2.24) is 10.7 Å². The lowest BCUT2D eigenvalue weighted by atomic mass is 9.75. The molecule has 2 aliphatic rings. The predicted octanol–water partition coefficient (Wildman–Crippen LogP) is 5.42. The zero-order valence-electron chi connectivity index (χ0n) is 21.8. The second kappa shape index (κ2) is 11.4. The Kier molecular flexibility index (Phi) is 7.72. The molecule has 0 radical (unpaired) electrons. The van der Waals surface area contributed by atoms with Crippen LogP contribution in [0, 0.1) is 17.6 Å². The third-order valence-electron chi connectivity index (χ3n) is 7.62. The van der Waals surface area contributed by atoms with Gasteiger partial charge in [-0.2, -0.15) is 0 Å². The Hall–Kier alpha value is -4.07. The average molecular weight is 532 g/mol. The number of hydrogen-bond donors (Lipinski definition) is 2. The number of nitrogens with zero attached hydrogens (tertiary/aromatic N) is 1. The molecule has 0 saturated heterocycles. The Balaban J connectivity index is 1.39. The van der Waals surface area contributed by atoms with Crippen LogP contribution in [0.3, 0.4) is 0 Å². The maximum absolute atomic E-state index is 14.2. The maximum atomic E-state index is 14.2. The molecule has 1 unspecified atom stereocenters. The van der Waals surface area contributed by atoms with Gasteiger partial charge in [0.15, 0.2) is 0 Å². The van der Waals surface area contributed by atoms with E-state index in [4.69, 9.17) is 0 Å². The van der Waals surface area contributed by atoms with Gasteiger partial charge in [0.2, 0.25) is 5.91 Å². The van der Waals surface area contributed by atoms with Crippen molar-refractivity contribution in [2.45, 2.75) is 57.4 Å². The molecule has 2 atom stereocenters. The third-order valence-corrected chi connectivity index (χ3v) is 7.62. The molecule has 1 aliphatic heterocycles. The van der Waals surface area contributed by atoms with Crippen LogP contribution in [-0.2, 0) is 20.8 Å². The van der Waals surface area contributed by atoms with Gasteiger partial charge in [-0.05, 0) is 60.6 Å². The summed E-state index contributed by atoms with van der Waals surface area (Å²) in [5.74, 6) is -3.18. The van der Waals surface area contributed by atoms with Crippen LogP contribution in [0.4, 0.5) is 14.5 Å². The second-order valence-corrected chi connectivity index (χ2v) is 10.4. The molecule has 39 heavy (non-hydrogen) atoms. The zero-order valence-corrected chi connectivity index (χ0v) is 21.8. The molecule has 0 aromatic heterocycles. The molecule has 8 heteroatoms. The minimum absolute atomic E-state index is 0.155. The molecule has 1 aliphatic carbocycles. The van der Waals surface area contributed by atoms with Crippen molar-refractivity contribution in [1.29, 1.82) is 0 Å². The molecule has 2 N–H and O–H groups in total. The summed E-state index contributed by atoms with van der Waals surface area (Å²) in [6.07, 6.45) is 4.87. The molecule has 1 heterocycles. The average Bonchev–Trinajstić information content (AvgIpc) is 3.01. The van der Waals surface area contributed by atoms with Gasteiger partial charge in [0.25, 0.3) is 11.8 Å². The number of amides is 3. The predicted molar refractivity (Wildman–Crippen MR) is 144 cm³/mol. The fraction of sp³-hybridized carbons (Fsp3) is 0.323. The minimum Gasteiger partial charge on any atom is -0.344 e. The van der Waals surface area contributed by atoms with Gasteiger partial charge in [-0.3, -0.25) is 19.8 Å². The summed E-state index contributed by atoms with van der Waals surface area (Å²) in [4.78, 5) is 40.1. The number of fused-ring (bicyclic) bond motifs is 3. The molecule has 202 valence electrons. The first-order valence-electron chi connectivity index (χ1n) is 13.4. The van der Waals surface area contributed by atoms with Gasteiger partial charge in [0.1, 0.15) is 17.7 Å². The Labute approximate surface area is 226 Å². The van der Waals surface area contributed by atoms with E-state index in [1.54, 1.807) is 6.07 Å². The van der Waals surface area contributed by atoms with Crippen LogP contribution in [-0.4, -0.2) is 23.8 Å². The fourth-order valence-electron chi connectivity index (χ4n) is 5.80. The van der Waals surface area contributed by atoms with Crippen molar-refractivity contribution in [3.8, 4) is 11.1 Å². The van der Waals surface area contributed by atoms with Crippen LogP contribution in [0.15, 0.2) is 66.7 Å². The normalized spacial score (nSPS) is 18.0. The molecule has 0 spiro atoms. The largest absolute Gasteiger partial charge is 0.344 e. The van der Waals surface area contributed by atoms with Gasteiger partial charge in [-0.1, -0.05) is 61.7 Å². The number of hydrogen-bond acceptors (Lipinski definition) is 3. The van der Waals surface area contributed by atoms with Crippen molar-refractivity contribution in [3.63, 3.8) is 0 Å². The van der Waals surface area contributed by atoms with Crippen molar-refractivity contribution in [2.24, 2.45) is 5.92 Å². The van der Waals surface area contributed by atoms with E-state index in [0.717, 1.165) is 67.0 Å². The number of nitrogens with one attached hydrogen (secondary N) is 2. The number of benzene rings is 3. The summed E-state index contributed by atoms with van der Waals surface area (Å²) in [5, 5.41) is 3.90. The fourth-order valence-corrected chi connectivity index (χ4v) is 5.80. The molecular weight excluding hydrogens is 500 g/mol. The molecular formula is C31H31F2N3O3. The van der Waals surface area contributed by atoms with E-state index in [1.165, 1.54) is 11.9 Å². The van der Waals surface area contributed by atoms with Gasteiger partial charge in [0, 0.05) is 11.6 Å². The highest BCUT2D eigenvalue weighted by atomic mass is 19.1. The maximum Gasteiger partial charge on any atom is 0.261 e. The summed E-state index contributed by atoms with van der Waals surface area (Å²) < 4.78 is 27.0. The van der Waals surface area contributed by atoms with Crippen LogP contribution in [0.5, 0.6) is 0 Å². The van der Waals surface area contributed by atoms with Crippen LogP contribution >= 0.6 is 0 Å². The van der Waals surface area contributed by atoms with E-state index in [9.17, 15) is 23.2 Å². The van der Waals surface area contributed by atoms with E-state index in [2.05, 4.69) is 10.7 Å². The highest BCUT2D eigenvalue weighted by Crippen LogP contribution is 2.46. The number of carbonyl (C=O) groups excluding carboxylic acids is 3. The standard InChI is InChI=1S/C31H31F2N3O3/c1-19(34-28(37)17-20-15-22(32)18-23(33)16-20)30(38)35-36-27-14-8-7-12-25(27)24-11-5-6-13-26(24)29(31(36)39)21-9-3-2-4-10-21/h5-8,11-16,18-19,21,29H,2-4,9-10,17H2,1H3,(H,34,37)(H,35,38)/t19-,29?/m0/s1. The van der Waals surface area contributed by atoms with E-state index >= 15 is 0 Å². The Bertz CT molecular complexity index is 1380. The number of para-hydroxylation sites is 1. The molecule has 3 amide bonds. The molecule has 1 fully saturated rings. The molecule has 3 aromatic rings. The smallest absolute Gasteiger partial charge is 0.261 e. The third kappa shape index (κ3) is 5.70. The number of carbonyl (C=O) groups is 3. The quantitative estimate of drug-likeness (QED) is 0.446. The topological polar surface area (TPSA) is 78.5 Å². The van der Waals surface area contributed by atoms with Crippen LogP contribution in [0.1, 0.15) is 56.1 Å². The Morgan fingerprint density at radius 2 is 1.56 bits per heavy atom. The highest BCUT2D eigenvalue weighted by Gasteiger charge is 2.40. The minimum atomic E-state index is -1.00. The first-order valence-corrected chi connectivity index (χ1v) is 13.4. The summed E-state index contributed by atoms with van der Waals surface area (Å²) in [6.45, 7) is 1.50.